The van der Waals surface area contributed by atoms with Gasteiger partial charge in [0.15, 0.2) is 0 Å². The van der Waals surface area contributed by atoms with E-state index in [2.05, 4.69) is 191 Å². The molecule has 0 N–H and O–H groups in total. The van der Waals surface area contributed by atoms with Crippen molar-refractivity contribution in [3.63, 3.8) is 0 Å². The monoisotopic (exact) mass is 665 g/mol. The van der Waals surface area contributed by atoms with Crippen molar-refractivity contribution < 1.29 is 1.37 Å². The van der Waals surface area contributed by atoms with Gasteiger partial charge >= 0.3 is 6.85 Å². The number of rotatable bonds is 2. The molecule has 4 heterocycles. The van der Waals surface area contributed by atoms with Crippen molar-refractivity contribution in [2.45, 2.75) is 19.2 Å². The van der Waals surface area contributed by atoms with Crippen LogP contribution in [0.15, 0.2) is 187 Å². The molecule has 0 saturated heterocycles. The summed E-state index contributed by atoms with van der Waals surface area (Å²) in [6.45, 7) is 0.261. The molecule has 4 aliphatic heterocycles. The molecule has 244 valence electrons. The Kier molecular flexibility index (Phi) is 5.98. The second kappa shape index (κ2) is 10.9. The minimum atomic E-state index is 0.0716. The van der Waals surface area contributed by atoms with Gasteiger partial charge in [-0.1, -0.05) is 134 Å². The second-order valence-electron chi connectivity index (χ2n) is 14.4. The van der Waals surface area contributed by atoms with E-state index in [4.69, 9.17) is 1.37 Å². The number of fused-ring (bicyclic) bond motifs is 15. The van der Waals surface area contributed by atoms with Crippen LogP contribution < -0.4 is 31.0 Å². The third-order valence-corrected chi connectivity index (χ3v) is 12.0. The summed E-state index contributed by atoms with van der Waals surface area (Å²) < 4.78 is 5.75. The van der Waals surface area contributed by atoms with E-state index in [9.17, 15) is 0 Å². The highest BCUT2D eigenvalue weighted by atomic mass is 15.2. The van der Waals surface area contributed by atoms with E-state index in [0.29, 0.717) is 5.92 Å². The molecular weight excluding hydrogens is 628 g/mol. The van der Waals surface area contributed by atoms with E-state index >= 15 is 0 Å². The summed E-state index contributed by atoms with van der Waals surface area (Å²) in [6, 6.07) is 52.0. The van der Waals surface area contributed by atoms with Crippen molar-refractivity contribution in [2.75, 3.05) is 14.6 Å². The Balaban J connectivity index is 0.00000163. The van der Waals surface area contributed by atoms with E-state index in [1.54, 1.807) is 0 Å². The predicted molar refractivity (Wildman–Crippen MR) is 221 cm³/mol. The lowest BCUT2D eigenvalue weighted by Gasteiger charge is -2.49. The molecule has 2 aliphatic carbocycles. The summed E-state index contributed by atoms with van der Waals surface area (Å²) in [5, 5.41) is 0. The van der Waals surface area contributed by atoms with Crippen LogP contribution in [0.2, 0.25) is 0 Å². The first-order valence-corrected chi connectivity index (χ1v) is 18.1. The van der Waals surface area contributed by atoms with E-state index in [-0.39, 0.29) is 19.5 Å². The Hall–Kier alpha value is -6.19. The molecule has 6 aliphatic rings. The molecule has 0 bridgehead atoms. The highest BCUT2D eigenvalue weighted by Gasteiger charge is 2.50. The van der Waals surface area contributed by atoms with Gasteiger partial charge < -0.3 is 14.6 Å². The quantitative estimate of drug-likeness (QED) is 0.170. The highest BCUT2D eigenvalue weighted by Crippen LogP contribution is 2.56. The fourth-order valence-corrected chi connectivity index (χ4v) is 10.0. The summed E-state index contributed by atoms with van der Waals surface area (Å²) >= 11 is 0. The van der Waals surface area contributed by atoms with Crippen molar-refractivity contribution in [3.8, 4) is 0 Å². The number of nitrogens with zero attached hydrogens (tertiary/aromatic N) is 3. The maximum atomic E-state index is 5.75. The van der Waals surface area contributed by atoms with Crippen molar-refractivity contribution in [1.29, 1.82) is 0 Å². The van der Waals surface area contributed by atoms with Gasteiger partial charge in [0, 0.05) is 58.7 Å². The molecule has 5 heteroatoms. The number of para-hydroxylation sites is 4. The van der Waals surface area contributed by atoms with Crippen LogP contribution in [0, 0.1) is 0 Å². The van der Waals surface area contributed by atoms with Crippen LogP contribution in [-0.4, -0.2) is 13.6 Å². The number of hydrogen-bond donors (Lipinski definition) is 0. The molecule has 6 aromatic carbocycles. The molecule has 6 aromatic rings. The van der Waals surface area contributed by atoms with Gasteiger partial charge in [-0.15, -0.1) is 0 Å². The van der Waals surface area contributed by atoms with Gasteiger partial charge in [0.25, 0.3) is 6.71 Å². The Morgan fingerprint density at radius 2 is 1.04 bits per heavy atom. The molecule has 2 atom stereocenters. The van der Waals surface area contributed by atoms with Gasteiger partial charge in [-0.25, -0.2) is 0 Å². The van der Waals surface area contributed by atoms with Crippen molar-refractivity contribution in [1.82, 2.24) is 0 Å². The van der Waals surface area contributed by atoms with Crippen LogP contribution >= 0.6 is 0 Å². The Bertz CT molecular complexity index is 2590. The average Bonchev–Trinajstić information content (AvgIpc) is 3.93. The zero-order valence-electron chi connectivity index (χ0n) is 29.9. The van der Waals surface area contributed by atoms with E-state index < -0.39 is 0 Å². The summed E-state index contributed by atoms with van der Waals surface area (Å²) in [7, 11) is 1.25. The van der Waals surface area contributed by atoms with Gasteiger partial charge in [0.2, 0.25) is 0 Å². The van der Waals surface area contributed by atoms with Crippen LogP contribution in [0.3, 0.4) is 0 Å². The van der Waals surface area contributed by atoms with Crippen molar-refractivity contribution in [2.24, 2.45) is 0 Å². The van der Waals surface area contributed by atoms with Crippen LogP contribution in [0.1, 0.15) is 31.7 Å². The fourth-order valence-electron chi connectivity index (χ4n) is 10.0. The molecule has 3 nitrogen and oxygen atoms in total. The van der Waals surface area contributed by atoms with Gasteiger partial charge in [-0.05, 0) is 88.2 Å². The van der Waals surface area contributed by atoms with Crippen LogP contribution in [0.25, 0.3) is 0 Å². The Labute approximate surface area is 307 Å². The van der Waals surface area contributed by atoms with E-state index in [1.807, 2.05) is 0 Å². The molecule has 52 heavy (non-hydrogen) atoms. The molecular formula is C47H35B2N3. The average molecular weight is 665 g/mol. The minimum absolute atomic E-state index is 0.0716. The SMILES string of the molecule is C1=CC2C(=C1)B1C3=CC=CC3c3cc4c(cc3N1c1ccccc12)B1c2ccccc2N(c2ccccc2)c2cccc(c21)N4c1ccccc1.[3H]C. The molecule has 0 aromatic heterocycles. The Morgan fingerprint density at radius 3 is 1.73 bits per heavy atom. The fraction of sp³-hybridized carbons (Fsp3) is 0.0638. The summed E-state index contributed by atoms with van der Waals surface area (Å²) in [5.74, 6) is 0.553. The van der Waals surface area contributed by atoms with Gasteiger partial charge in [-0.2, -0.15) is 0 Å². The molecule has 0 spiro atoms. The van der Waals surface area contributed by atoms with Crippen molar-refractivity contribution in [3.05, 3.63) is 198 Å². The lowest BCUT2D eigenvalue weighted by atomic mass is 9.33. The molecule has 0 fully saturated rings. The maximum absolute atomic E-state index is 5.75. The number of allylic oxidation sites excluding steroid dienone is 8. The summed E-state index contributed by atoms with van der Waals surface area (Å²) in [6.07, 6.45) is 14.1. The first kappa shape index (κ1) is 28.5. The van der Waals surface area contributed by atoms with Crippen LogP contribution in [0.4, 0.5) is 45.5 Å². The van der Waals surface area contributed by atoms with Gasteiger partial charge in [0.1, 0.15) is 0 Å². The lowest BCUT2D eigenvalue weighted by molar-refractivity contribution is 0.975. The lowest BCUT2D eigenvalue weighted by Crippen LogP contribution is -2.61. The summed E-state index contributed by atoms with van der Waals surface area (Å²) in [4.78, 5) is 7.67. The van der Waals surface area contributed by atoms with Crippen LogP contribution in [0.5, 0.6) is 0 Å². The molecule has 12 rings (SSSR count). The predicted octanol–water partition coefficient (Wildman–Crippen LogP) is 9.80. The topological polar surface area (TPSA) is 9.72 Å². The van der Waals surface area contributed by atoms with E-state index in [0.717, 1.165) is 0 Å². The second-order valence-corrected chi connectivity index (χ2v) is 14.4. The van der Waals surface area contributed by atoms with E-state index in [1.165, 1.54) is 91.4 Å². The molecule has 0 saturated carbocycles. The third kappa shape index (κ3) is 3.78. The molecule has 2 unspecified atom stereocenters. The highest BCUT2D eigenvalue weighted by molar-refractivity contribution is 7.00. The standard InChI is InChI=1S/C46H31B2N3.CH4/c1-3-14-30(15-4-1)49-41-25-10-8-21-38(41)47-39-29-44-35(28-45(39)50(31-16-5-2-6-17-31)43-27-13-26-42(49)46(43)47)33-20-12-23-37(33)48-36-22-11-19-32(36)34-18-7-9-24-40(34)51(44)48;/h1-29,32-33H;1H4/i;1T. The number of hydrogen-bond acceptors (Lipinski definition) is 3. The normalized spacial score (nSPS) is 19.0. The molecule has 0 radical (unpaired) electrons. The van der Waals surface area contributed by atoms with Crippen molar-refractivity contribution >= 4 is 75.4 Å². The van der Waals surface area contributed by atoms with Crippen LogP contribution in [-0.2, 0) is 0 Å². The van der Waals surface area contributed by atoms with Gasteiger partial charge in [-0.3, -0.25) is 0 Å². The minimum Gasteiger partial charge on any atom is -0.377 e. The smallest absolute Gasteiger partial charge is 0.321 e. The first-order chi connectivity index (χ1) is 26.3. The first-order valence-electron chi connectivity index (χ1n) is 19.1. The zero-order chi connectivity index (χ0) is 35.2. The third-order valence-electron chi connectivity index (χ3n) is 12.0. The maximum Gasteiger partial charge on any atom is 0.321 e. The molecule has 0 amide bonds. The summed E-state index contributed by atoms with van der Waals surface area (Å²) in [5.41, 5.74) is 19.7. The number of anilines is 8. The van der Waals surface area contributed by atoms with Gasteiger partial charge in [0.05, 0.1) is 0 Å². The zero-order valence-corrected chi connectivity index (χ0v) is 28.9. The number of benzene rings is 6. The largest absolute Gasteiger partial charge is 0.377 e. The Morgan fingerprint density at radius 1 is 0.481 bits per heavy atom.